The minimum atomic E-state index is -0.961. The number of dihydropyridines is 1. The lowest BCUT2D eigenvalue weighted by atomic mass is 9.83. The predicted octanol–water partition coefficient (Wildman–Crippen LogP) is 3.81. The van der Waals surface area contributed by atoms with Crippen LogP contribution < -0.4 is 10.7 Å². The molecule has 0 atom stereocenters. The molecule has 0 saturated carbocycles. The second kappa shape index (κ2) is 8.75. The van der Waals surface area contributed by atoms with Crippen LogP contribution in [0.4, 0.5) is 0 Å². The molecule has 0 unspecified atom stereocenters. The Morgan fingerprint density at radius 3 is 2.13 bits per heavy atom. The molecule has 0 amide bonds. The fraction of sp³-hybridized carbons (Fsp3) is 0.318. The molecule has 2 heterocycles. The maximum atomic E-state index is 12.8. The van der Waals surface area contributed by atoms with Gasteiger partial charge in [0.05, 0.1) is 35.7 Å². The van der Waals surface area contributed by atoms with Crippen molar-refractivity contribution in [3.8, 4) is 0 Å². The number of rotatable bonds is 5. The average Bonchev–Trinajstić information content (AvgIpc) is 2.68. The second-order valence-corrected chi connectivity index (χ2v) is 7.17. The van der Waals surface area contributed by atoms with Gasteiger partial charge in [-0.2, -0.15) is 0 Å². The van der Waals surface area contributed by atoms with Gasteiger partial charge in [-0.3, -0.25) is 4.79 Å². The van der Waals surface area contributed by atoms with Crippen molar-refractivity contribution in [1.29, 1.82) is 0 Å². The molecule has 30 heavy (non-hydrogen) atoms. The van der Waals surface area contributed by atoms with Gasteiger partial charge in [0.2, 0.25) is 0 Å². The number of nitrogens with one attached hydrogen (secondary N) is 1. The van der Waals surface area contributed by atoms with E-state index in [1.807, 2.05) is 0 Å². The Morgan fingerprint density at radius 2 is 1.60 bits per heavy atom. The Kier molecular flexibility index (Phi) is 6.31. The van der Waals surface area contributed by atoms with Gasteiger partial charge in [0.15, 0.2) is 5.43 Å². The average molecular weight is 432 g/mol. The van der Waals surface area contributed by atoms with E-state index in [0.29, 0.717) is 27.4 Å². The molecule has 1 aliphatic rings. The summed E-state index contributed by atoms with van der Waals surface area (Å²) in [6, 6.07) is 5.95. The summed E-state index contributed by atoms with van der Waals surface area (Å²) in [4.78, 5) is 38.3. The largest absolute Gasteiger partial charge is 0.463 e. The van der Waals surface area contributed by atoms with Crippen LogP contribution in [0.25, 0.3) is 11.0 Å². The van der Waals surface area contributed by atoms with Gasteiger partial charge in [-0.05, 0) is 45.9 Å². The molecule has 0 radical (unpaired) electrons. The number of fused-ring (bicyclic) bond motifs is 1. The van der Waals surface area contributed by atoms with Crippen LogP contribution in [0.3, 0.4) is 0 Å². The number of hydrogen-bond donors (Lipinski definition) is 1. The molecule has 0 spiro atoms. The Bertz CT molecular complexity index is 1100. The van der Waals surface area contributed by atoms with E-state index in [2.05, 4.69) is 5.32 Å². The molecule has 1 aromatic heterocycles. The number of hydrogen-bond acceptors (Lipinski definition) is 7. The van der Waals surface area contributed by atoms with Crippen LogP contribution in [0, 0.1) is 0 Å². The van der Waals surface area contributed by atoms with E-state index in [1.54, 1.807) is 39.8 Å². The van der Waals surface area contributed by atoms with Crippen LogP contribution in [0.1, 0.15) is 39.4 Å². The van der Waals surface area contributed by atoms with Gasteiger partial charge in [0, 0.05) is 22.5 Å². The zero-order valence-electron chi connectivity index (χ0n) is 17.1. The van der Waals surface area contributed by atoms with Gasteiger partial charge < -0.3 is 19.2 Å². The summed E-state index contributed by atoms with van der Waals surface area (Å²) in [6.07, 6.45) is 0. The third-order valence-electron chi connectivity index (χ3n) is 4.74. The van der Waals surface area contributed by atoms with E-state index >= 15 is 0 Å². The molecular weight excluding hydrogens is 410 g/mol. The number of esters is 2. The van der Waals surface area contributed by atoms with Crippen LogP contribution in [-0.2, 0) is 19.1 Å². The fourth-order valence-corrected chi connectivity index (χ4v) is 3.70. The molecule has 0 aliphatic carbocycles. The van der Waals surface area contributed by atoms with E-state index in [1.165, 1.54) is 12.1 Å². The summed E-state index contributed by atoms with van der Waals surface area (Å²) in [6.45, 7) is 7.08. The predicted molar refractivity (Wildman–Crippen MR) is 112 cm³/mol. The molecule has 1 aliphatic heterocycles. The maximum Gasteiger partial charge on any atom is 0.336 e. The number of carbonyl (C=O) groups is 2. The van der Waals surface area contributed by atoms with Crippen LogP contribution in [-0.4, -0.2) is 25.2 Å². The first-order valence-electron chi connectivity index (χ1n) is 9.54. The van der Waals surface area contributed by atoms with Crippen molar-refractivity contribution in [2.75, 3.05) is 13.2 Å². The van der Waals surface area contributed by atoms with Gasteiger partial charge in [-0.15, -0.1) is 0 Å². The van der Waals surface area contributed by atoms with Crippen LogP contribution in [0.15, 0.2) is 56.0 Å². The Labute approximate surface area is 178 Å². The Balaban J connectivity index is 2.27. The normalized spacial score (nSPS) is 14.7. The molecule has 1 aromatic carbocycles. The van der Waals surface area contributed by atoms with Crippen LogP contribution >= 0.6 is 11.6 Å². The smallest absolute Gasteiger partial charge is 0.336 e. The molecule has 8 heteroatoms. The number of benzene rings is 1. The van der Waals surface area contributed by atoms with Crippen molar-refractivity contribution in [3.05, 3.63) is 67.8 Å². The third-order valence-corrected chi connectivity index (χ3v) is 4.98. The van der Waals surface area contributed by atoms with E-state index < -0.39 is 17.9 Å². The van der Waals surface area contributed by atoms with Crippen molar-refractivity contribution in [2.24, 2.45) is 0 Å². The van der Waals surface area contributed by atoms with E-state index in [-0.39, 0.29) is 35.5 Å². The molecule has 0 fully saturated rings. The van der Waals surface area contributed by atoms with E-state index in [4.69, 9.17) is 25.5 Å². The number of carbonyl (C=O) groups excluding carboxylic acids is 2. The zero-order valence-corrected chi connectivity index (χ0v) is 17.9. The lowest BCUT2D eigenvalue weighted by molar-refractivity contribution is -0.139. The molecule has 158 valence electrons. The first kappa shape index (κ1) is 21.6. The molecular formula is C22H22ClNO6. The molecule has 7 nitrogen and oxygen atoms in total. The van der Waals surface area contributed by atoms with Gasteiger partial charge in [-0.1, -0.05) is 11.6 Å². The number of ether oxygens (including phenoxy) is 2. The molecule has 0 bridgehead atoms. The Hall–Kier alpha value is -3.06. The quantitative estimate of drug-likeness (QED) is 0.719. The first-order chi connectivity index (χ1) is 14.3. The van der Waals surface area contributed by atoms with Crippen molar-refractivity contribution < 1.29 is 23.5 Å². The van der Waals surface area contributed by atoms with Gasteiger partial charge >= 0.3 is 11.9 Å². The van der Waals surface area contributed by atoms with E-state index in [0.717, 1.165) is 0 Å². The Morgan fingerprint density at radius 1 is 1.03 bits per heavy atom. The maximum absolute atomic E-state index is 12.8. The third kappa shape index (κ3) is 3.98. The van der Waals surface area contributed by atoms with Crippen LogP contribution in [0.2, 0.25) is 5.02 Å². The first-order valence-corrected chi connectivity index (χ1v) is 9.92. The minimum absolute atomic E-state index is 0.140. The summed E-state index contributed by atoms with van der Waals surface area (Å²) in [5, 5.41) is 3.74. The lowest BCUT2D eigenvalue weighted by Gasteiger charge is -2.29. The summed E-state index contributed by atoms with van der Waals surface area (Å²) < 4.78 is 16.4. The van der Waals surface area contributed by atoms with Gasteiger partial charge in [0.1, 0.15) is 11.3 Å². The highest BCUT2D eigenvalue weighted by molar-refractivity contribution is 6.31. The fourth-order valence-electron chi connectivity index (χ4n) is 3.53. The highest BCUT2D eigenvalue weighted by atomic mass is 35.5. The zero-order chi connectivity index (χ0) is 22.0. The number of allylic oxidation sites excluding steroid dienone is 2. The minimum Gasteiger partial charge on any atom is -0.463 e. The molecule has 1 N–H and O–H groups in total. The monoisotopic (exact) mass is 431 g/mol. The van der Waals surface area contributed by atoms with Crippen molar-refractivity contribution in [1.82, 2.24) is 5.32 Å². The summed E-state index contributed by atoms with van der Waals surface area (Å²) in [7, 11) is 0. The van der Waals surface area contributed by atoms with Gasteiger partial charge in [-0.25, -0.2) is 9.59 Å². The highest BCUT2D eigenvalue weighted by Gasteiger charge is 2.39. The lowest BCUT2D eigenvalue weighted by Crippen LogP contribution is -2.33. The van der Waals surface area contributed by atoms with Crippen molar-refractivity contribution in [3.63, 3.8) is 0 Å². The SMILES string of the molecule is CCOC(=O)C1=C(C)NC(C)=C(C(=O)OCC)C1c1cc(=O)c2cc(Cl)ccc2o1. The standard InChI is InChI=1S/C22H22ClNO6/c1-5-28-21(26)18-11(3)24-12(4)19(22(27)29-6-2)20(18)17-10-15(25)14-9-13(23)7-8-16(14)30-17/h7-10,20,24H,5-6H2,1-4H3. The molecule has 3 rings (SSSR count). The molecule has 0 saturated heterocycles. The molecule has 2 aromatic rings. The summed E-state index contributed by atoms with van der Waals surface area (Å²) in [5.41, 5.74) is 1.32. The second-order valence-electron chi connectivity index (χ2n) is 6.73. The van der Waals surface area contributed by atoms with Crippen molar-refractivity contribution in [2.45, 2.75) is 33.6 Å². The topological polar surface area (TPSA) is 94.8 Å². The van der Waals surface area contributed by atoms with Crippen LogP contribution in [0.5, 0.6) is 0 Å². The highest BCUT2D eigenvalue weighted by Crippen LogP contribution is 2.39. The summed E-state index contributed by atoms with van der Waals surface area (Å²) >= 11 is 5.99. The van der Waals surface area contributed by atoms with Crippen molar-refractivity contribution >= 4 is 34.5 Å². The number of halogens is 1. The van der Waals surface area contributed by atoms with E-state index in [9.17, 15) is 14.4 Å². The van der Waals surface area contributed by atoms with Gasteiger partial charge in [0.25, 0.3) is 0 Å². The summed E-state index contributed by atoms with van der Waals surface area (Å²) in [5.74, 6) is -2.04.